The van der Waals surface area contributed by atoms with E-state index < -0.39 is 5.97 Å². The molecule has 6 heteroatoms. The van der Waals surface area contributed by atoms with Gasteiger partial charge in [0.15, 0.2) is 5.69 Å². The number of aromatic carboxylic acids is 1. The molecule has 1 heterocycles. The van der Waals surface area contributed by atoms with E-state index in [-0.39, 0.29) is 5.69 Å². The van der Waals surface area contributed by atoms with E-state index in [2.05, 4.69) is 21.0 Å². The first-order valence-corrected chi connectivity index (χ1v) is 6.77. The molecule has 0 aliphatic rings. The molecule has 0 aliphatic carbocycles. The van der Waals surface area contributed by atoms with Crippen molar-refractivity contribution in [1.82, 2.24) is 9.78 Å². The fourth-order valence-corrected chi connectivity index (χ4v) is 3.09. The number of nitrogens with zero attached hydrogens (tertiary/aromatic N) is 2. The Morgan fingerprint density at radius 1 is 1.35 bits per heavy atom. The van der Waals surface area contributed by atoms with Gasteiger partial charge in [0.2, 0.25) is 0 Å². The van der Waals surface area contributed by atoms with Crippen molar-refractivity contribution >= 4 is 21.9 Å². The van der Waals surface area contributed by atoms with Crippen LogP contribution in [0.4, 0.5) is 0 Å². The van der Waals surface area contributed by atoms with Crippen LogP contribution in [0, 0.1) is 13.8 Å². The fourth-order valence-electron chi connectivity index (χ4n) is 2.36. The van der Waals surface area contributed by atoms with Crippen LogP contribution in [0.25, 0.3) is 11.3 Å². The van der Waals surface area contributed by atoms with Gasteiger partial charge in [0.05, 0.1) is 17.3 Å². The summed E-state index contributed by atoms with van der Waals surface area (Å²) in [5.74, 6) is -0.217. The van der Waals surface area contributed by atoms with Crippen LogP contribution in [0.1, 0.15) is 21.6 Å². The molecule has 5 nitrogen and oxygen atoms in total. The lowest BCUT2D eigenvalue weighted by Gasteiger charge is -2.12. The van der Waals surface area contributed by atoms with Crippen LogP contribution < -0.4 is 4.74 Å². The van der Waals surface area contributed by atoms with Crippen molar-refractivity contribution in [3.63, 3.8) is 0 Å². The quantitative estimate of drug-likeness (QED) is 0.933. The van der Waals surface area contributed by atoms with E-state index in [0.29, 0.717) is 4.47 Å². The number of halogens is 1. The van der Waals surface area contributed by atoms with Crippen molar-refractivity contribution < 1.29 is 14.6 Å². The summed E-state index contributed by atoms with van der Waals surface area (Å²) in [6.07, 6.45) is 0. The van der Waals surface area contributed by atoms with Gasteiger partial charge in [-0.3, -0.25) is 4.68 Å². The lowest BCUT2D eigenvalue weighted by molar-refractivity contribution is 0.0688. The zero-order chi connectivity index (χ0) is 15.0. The number of methoxy groups -OCH3 is 1. The van der Waals surface area contributed by atoms with Crippen LogP contribution >= 0.6 is 15.9 Å². The molecule has 0 unspecified atom stereocenters. The fraction of sp³-hybridized carbons (Fsp3) is 0.286. The number of carboxylic acids is 1. The van der Waals surface area contributed by atoms with Gasteiger partial charge in [-0.2, -0.15) is 5.10 Å². The van der Waals surface area contributed by atoms with Crippen molar-refractivity contribution in [2.45, 2.75) is 13.8 Å². The Hall–Kier alpha value is -1.82. The van der Waals surface area contributed by atoms with Crippen LogP contribution in [-0.4, -0.2) is 28.0 Å². The molecule has 0 spiro atoms. The number of benzene rings is 1. The molecule has 0 atom stereocenters. The van der Waals surface area contributed by atoms with Crippen LogP contribution in [0.3, 0.4) is 0 Å². The second-order valence-corrected chi connectivity index (χ2v) is 5.38. The summed E-state index contributed by atoms with van der Waals surface area (Å²) >= 11 is 3.33. The second-order valence-electron chi connectivity index (χ2n) is 4.58. The highest BCUT2D eigenvalue weighted by Crippen LogP contribution is 2.35. The summed E-state index contributed by atoms with van der Waals surface area (Å²) in [6.45, 7) is 3.91. The van der Waals surface area contributed by atoms with E-state index in [0.717, 1.165) is 28.1 Å². The molecule has 0 saturated carbocycles. The van der Waals surface area contributed by atoms with Gasteiger partial charge in [0.25, 0.3) is 0 Å². The van der Waals surface area contributed by atoms with E-state index in [4.69, 9.17) is 9.84 Å². The van der Waals surface area contributed by atoms with Crippen molar-refractivity contribution in [2.24, 2.45) is 7.05 Å². The Kier molecular flexibility index (Phi) is 3.85. The summed E-state index contributed by atoms with van der Waals surface area (Å²) in [4.78, 5) is 11.1. The highest BCUT2D eigenvalue weighted by atomic mass is 79.9. The first-order chi connectivity index (χ1) is 9.36. The molecule has 1 N–H and O–H groups in total. The standard InChI is InChI=1S/C14H15BrN2O3/c1-7-5-9(6-8(2)13(7)20-4)12-10(15)11(14(18)19)16-17(12)3/h5-6H,1-4H3,(H,18,19). The molecule has 0 aliphatic heterocycles. The van der Waals surface area contributed by atoms with E-state index in [1.165, 1.54) is 0 Å². The Balaban J connectivity index is 2.66. The average molecular weight is 339 g/mol. The number of aromatic nitrogens is 2. The molecule has 0 bridgehead atoms. The van der Waals surface area contributed by atoms with Gasteiger partial charge in [-0.15, -0.1) is 0 Å². The molecule has 0 fully saturated rings. The zero-order valence-electron chi connectivity index (χ0n) is 11.7. The van der Waals surface area contributed by atoms with Gasteiger partial charge < -0.3 is 9.84 Å². The predicted octanol–water partition coefficient (Wildman–Crippen LogP) is 3.17. The van der Waals surface area contributed by atoms with Gasteiger partial charge in [-0.05, 0) is 53.0 Å². The van der Waals surface area contributed by atoms with Crippen molar-refractivity contribution in [2.75, 3.05) is 7.11 Å². The molecule has 1 aromatic heterocycles. The van der Waals surface area contributed by atoms with E-state index >= 15 is 0 Å². The molecule has 20 heavy (non-hydrogen) atoms. The van der Waals surface area contributed by atoms with Gasteiger partial charge in [-0.1, -0.05) is 0 Å². The topological polar surface area (TPSA) is 64.3 Å². The average Bonchev–Trinajstić information content (AvgIpc) is 2.64. The number of carbonyl (C=O) groups is 1. The molecule has 106 valence electrons. The summed E-state index contributed by atoms with van der Waals surface area (Å²) in [7, 11) is 3.36. The highest BCUT2D eigenvalue weighted by Gasteiger charge is 2.21. The van der Waals surface area contributed by atoms with Gasteiger partial charge >= 0.3 is 5.97 Å². The second kappa shape index (κ2) is 5.28. The first-order valence-electron chi connectivity index (χ1n) is 5.98. The SMILES string of the molecule is COc1c(C)cc(-c2c(Br)c(C(=O)O)nn2C)cc1C. The van der Waals surface area contributed by atoms with Crippen LogP contribution in [0.2, 0.25) is 0 Å². The van der Waals surface area contributed by atoms with Crippen molar-refractivity contribution in [1.29, 1.82) is 0 Å². The number of carboxylic acid groups (broad SMARTS) is 1. The molecule has 2 aromatic rings. The number of hydrogen-bond donors (Lipinski definition) is 1. The molecule has 2 rings (SSSR count). The number of hydrogen-bond acceptors (Lipinski definition) is 3. The predicted molar refractivity (Wildman–Crippen MR) is 79.3 cm³/mol. The summed E-state index contributed by atoms with van der Waals surface area (Å²) < 4.78 is 7.39. The third-order valence-corrected chi connectivity index (χ3v) is 3.88. The third kappa shape index (κ3) is 2.31. The van der Waals surface area contributed by atoms with E-state index in [9.17, 15) is 4.79 Å². The zero-order valence-corrected chi connectivity index (χ0v) is 13.3. The maximum Gasteiger partial charge on any atom is 0.357 e. The highest BCUT2D eigenvalue weighted by molar-refractivity contribution is 9.10. The van der Waals surface area contributed by atoms with E-state index in [1.807, 2.05) is 26.0 Å². The van der Waals surface area contributed by atoms with E-state index in [1.54, 1.807) is 18.8 Å². The minimum atomic E-state index is -1.05. The van der Waals surface area contributed by atoms with Gasteiger partial charge in [0, 0.05) is 12.6 Å². The summed E-state index contributed by atoms with van der Waals surface area (Å²) in [5.41, 5.74) is 3.63. The Bertz CT molecular complexity index is 669. The third-order valence-electron chi connectivity index (χ3n) is 3.13. The minimum absolute atomic E-state index is 0.00799. The van der Waals surface area contributed by atoms with Crippen molar-refractivity contribution in [3.05, 3.63) is 33.4 Å². The Labute approximate surface area is 125 Å². The van der Waals surface area contributed by atoms with Crippen molar-refractivity contribution in [3.8, 4) is 17.0 Å². The number of rotatable bonds is 3. The molecule has 0 amide bonds. The normalized spacial score (nSPS) is 10.7. The molecular weight excluding hydrogens is 324 g/mol. The van der Waals surface area contributed by atoms with Crippen LogP contribution in [0.5, 0.6) is 5.75 Å². The van der Waals surface area contributed by atoms with Gasteiger partial charge in [-0.25, -0.2) is 4.79 Å². The minimum Gasteiger partial charge on any atom is -0.496 e. The summed E-state index contributed by atoms with van der Waals surface area (Å²) in [6, 6.07) is 3.92. The molecular formula is C14H15BrN2O3. The smallest absolute Gasteiger partial charge is 0.357 e. The van der Waals surface area contributed by atoms with Crippen LogP contribution in [-0.2, 0) is 7.05 Å². The van der Waals surface area contributed by atoms with Gasteiger partial charge in [0.1, 0.15) is 5.75 Å². The summed E-state index contributed by atoms with van der Waals surface area (Å²) in [5, 5.41) is 13.1. The largest absolute Gasteiger partial charge is 0.496 e. The lowest BCUT2D eigenvalue weighted by Crippen LogP contribution is -1.99. The molecule has 1 aromatic carbocycles. The Morgan fingerprint density at radius 2 is 1.90 bits per heavy atom. The maximum atomic E-state index is 11.1. The lowest BCUT2D eigenvalue weighted by atomic mass is 10.0. The number of ether oxygens (including phenoxy) is 1. The molecule has 0 radical (unpaired) electrons. The number of aryl methyl sites for hydroxylation is 3. The van der Waals surface area contributed by atoms with Crippen LogP contribution in [0.15, 0.2) is 16.6 Å². The maximum absolute atomic E-state index is 11.1. The first kappa shape index (κ1) is 14.6. The monoisotopic (exact) mass is 338 g/mol. The Morgan fingerprint density at radius 3 is 2.30 bits per heavy atom. The molecule has 0 saturated heterocycles.